The first-order chi connectivity index (χ1) is 10.8. The SMILES string of the molecule is CCOc1cc2c(cc1CNC(=O)NCC(C)(C)C)OC(C)C2. The van der Waals surface area contributed by atoms with Crippen LogP contribution in [0.2, 0.25) is 0 Å². The Balaban J connectivity index is 2.01. The quantitative estimate of drug-likeness (QED) is 0.875. The number of hydrogen-bond acceptors (Lipinski definition) is 3. The normalized spacial score (nSPS) is 16.5. The molecular weight excluding hydrogens is 292 g/mol. The van der Waals surface area contributed by atoms with Crippen LogP contribution in [-0.2, 0) is 13.0 Å². The molecule has 2 amide bonds. The smallest absolute Gasteiger partial charge is 0.315 e. The van der Waals surface area contributed by atoms with Crippen LogP contribution >= 0.6 is 0 Å². The predicted octanol–water partition coefficient (Wildman–Crippen LogP) is 3.25. The van der Waals surface area contributed by atoms with Crippen LogP contribution in [0.25, 0.3) is 0 Å². The van der Waals surface area contributed by atoms with Gasteiger partial charge >= 0.3 is 6.03 Å². The van der Waals surface area contributed by atoms with Gasteiger partial charge in [-0.15, -0.1) is 0 Å². The van der Waals surface area contributed by atoms with Gasteiger partial charge in [0.25, 0.3) is 0 Å². The molecule has 1 atom stereocenters. The van der Waals surface area contributed by atoms with Gasteiger partial charge in [0.1, 0.15) is 17.6 Å². The number of fused-ring (bicyclic) bond motifs is 1. The number of urea groups is 1. The topological polar surface area (TPSA) is 59.6 Å². The van der Waals surface area contributed by atoms with E-state index in [9.17, 15) is 4.79 Å². The van der Waals surface area contributed by atoms with Gasteiger partial charge in [-0.25, -0.2) is 4.79 Å². The van der Waals surface area contributed by atoms with Gasteiger partial charge in [-0.3, -0.25) is 0 Å². The van der Waals surface area contributed by atoms with E-state index in [-0.39, 0.29) is 17.6 Å². The van der Waals surface area contributed by atoms with E-state index in [0.29, 0.717) is 19.7 Å². The molecule has 1 heterocycles. The van der Waals surface area contributed by atoms with Crippen molar-refractivity contribution in [2.45, 2.75) is 53.7 Å². The molecule has 23 heavy (non-hydrogen) atoms. The van der Waals surface area contributed by atoms with Gasteiger partial charge in [0.15, 0.2) is 0 Å². The summed E-state index contributed by atoms with van der Waals surface area (Å²) >= 11 is 0. The molecule has 0 radical (unpaired) electrons. The second kappa shape index (κ2) is 7.11. The molecule has 0 spiro atoms. The molecule has 128 valence electrons. The fourth-order valence-electron chi connectivity index (χ4n) is 2.49. The maximum absolute atomic E-state index is 11.9. The molecule has 1 aliphatic heterocycles. The lowest BCUT2D eigenvalue weighted by molar-refractivity contribution is 0.235. The Morgan fingerprint density at radius 2 is 2.09 bits per heavy atom. The fourth-order valence-corrected chi connectivity index (χ4v) is 2.49. The average molecular weight is 320 g/mol. The minimum absolute atomic E-state index is 0.0609. The van der Waals surface area contributed by atoms with E-state index >= 15 is 0 Å². The van der Waals surface area contributed by atoms with Gasteiger partial charge in [-0.2, -0.15) is 0 Å². The van der Waals surface area contributed by atoms with Crippen molar-refractivity contribution in [3.8, 4) is 11.5 Å². The van der Waals surface area contributed by atoms with Crippen molar-refractivity contribution in [2.75, 3.05) is 13.2 Å². The largest absolute Gasteiger partial charge is 0.494 e. The Labute approximate surface area is 138 Å². The number of amides is 2. The maximum atomic E-state index is 11.9. The third-order valence-electron chi connectivity index (χ3n) is 3.60. The minimum Gasteiger partial charge on any atom is -0.494 e. The van der Waals surface area contributed by atoms with Gasteiger partial charge in [-0.05, 0) is 31.4 Å². The number of hydrogen-bond donors (Lipinski definition) is 2. The molecule has 5 heteroatoms. The van der Waals surface area contributed by atoms with Crippen LogP contribution in [0, 0.1) is 5.41 Å². The second-order valence-corrected chi connectivity index (χ2v) is 7.23. The van der Waals surface area contributed by atoms with E-state index in [4.69, 9.17) is 9.47 Å². The summed E-state index contributed by atoms with van der Waals surface area (Å²) in [6, 6.07) is 3.84. The van der Waals surface area contributed by atoms with Crippen LogP contribution in [-0.4, -0.2) is 25.3 Å². The number of benzene rings is 1. The van der Waals surface area contributed by atoms with E-state index < -0.39 is 0 Å². The van der Waals surface area contributed by atoms with E-state index in [1.165, 1.54) is 5.56 Å². The molecule has 0 aromatic heterocycles. The second-order valence-electron chi connectivity index (χ2n) is 7.23. The lowest BCUT2D eigenvalue weighted by Crippen LogP contribution is -2.39. The summed E-state index contributed by atoms with van der Waals surface area (Å²) in [5, 5.41) is 5.77. The summed E-state index contributed by atoms with van der Waals surface area (Å²) in [6.07, 6.45) is 1.09. The van der Waals surface area contributed by atoms with Gasteiger partial charge in [0.2, 0.25) is 0 Å². The zero-order chi connectivity index (χ0) is 17.0. The van der Waals surface area contributed by atoms with E-state index in [2.05, 4.69) is 38.3 Å². The van der Waals surface area contributed by atoms with Crippen LogP contribution in [0.4, 0.5) is 4.79 Å². The Kier molecular flexibility index (Phi) is 5.39. The Morgan fingerprint density at radius 1 is 1.35 bits per heavy atom. The van der Waals surface area contributed by atoms with E-state index in [0.717, 1.165) is 23.5 Å². The lowest BCUT2D eigenvalue weighted by atomic mass is 9.97. The number of rotatable bonds is 5. The number of nitrogens with one attached hydrogen (secondary N) is 2. The minimum atomic E-state index is -0.169. The standard InChI is InChI=1S/C18H28N2O3/c1-6-22-15-8-13-7-12(2)23-16(13)9-14(15)10-19-17(21)20-11-18(3,4)5/h8-9,12H,6-7,10-11H2,1-5H3,(H2,19,20,21). The van der Waals surface area contributed by atoms with Crippen molar-refractivity contribution in [3.05, 3.63) is 23.3 Å². The highest BCUT2D eigenvalue weighted by molar-refractivity contribution is 5.74. The van der Waals surface area contributed by atoms with E-state index in [1.807, 2.05) is 19.1 Å². The third-order valence-corrected chi connectivity index (χ3v) is 3.60. The van der Waals surface area contributed by atoms with Gasteiger partial charge < -0.3 is 20.1 Å². The summed E-state index contributed by atoms with van der Waals surface area (Å²) in [7, 11) is 0. The van der Waals surface area contributed by atoms with Crippen molar-refractivity contribution in [3.63, 3.8) is 0 Å². The molecule has 0 aliphatic carbocycles. The highest BCUT2D eigenvalue weighted by Crippen LogP contribution is 2.35. The number of carbonyl (C=O) groups is 1. The zero-order valence-electron chi connectivity index (χ0n) is 14.8. The fraction of sp³-hybridized carbons (Fsp3) is 0.611. The Bertz CT molecular complexity index is 564. The summed E-state index contributed by atoms with van der Waals surface area (Å²) in [4.78, 5) is 11.9. The zero-order valence-corrected chi connectivity index (χ0v) is 14.8. The highest BCUT2D eigenvalue weighted by atomic mass is 16.5. The molecule has 5 nitrogen and oxygen atoms in total. The van der Waals surface area contributed by atoms with Crippen molar-refractivity contribution in [2.24, 2.45) is 5.41 Å². The van der Waals surface area contributed by atoms with Gasteiger partial charge in [0, 0.05) is 30.6 Å². The molecule has 1 aromatic rings. The maximum Gasteiger partial charge on any atom is 0.315 e. The molecule has 0 saturated carbocycles. The molecule has 1 aromatic carbocycles. The summed E-state index contributed by atoms with van der Waals surface area (Å²) in [5.74, 6) is 1.72. The summed E-state index contributed by atoms with van der Waals surface area (Å²) in [6.45, 7) is 11.9. The molecule has 0 saturated heterocycles. The van der Waals surface area contributed by atoms with E-state index in [1.54, 1.807) is 0 Å². The van der Waals surface area contributed by atoms with Crippen LogP contribution in [0.15, 0.2) is 12.1 Å². The Morgan fingerprint density at radius 3 is 2.74 bits per heavy atom. The van der Waals surface area contributed by atoms with Crippen molar-refractivity contribution in [1.82, 2.24) is 10.6 Å². The summed E-state index contributed by atoms with van der Waals surface area (Å²) < 4.78 is 11.5. The molecule has 2 N–H and O–H groups in total. The average Bonchev–Trinajstić information content (AvgIpc) is 2.81. The first kappa shape index (κ1) is 17.4. The highest BCUT2D eigenvalue weighted by Gasteiger charge is 2.22. The molecule has 0 fully saturated rings. The number of carbonyl (C=O) groups excluding carboxylic acids is 1. The van der Waals surface area contributed by atoms with Crippen LogP contribution in [0.1, 0.15) is 45.7 Å². The molecule has 0 bridgehead atoms. The molecular formula is C18H28N2O3. The predicted molar refractivity (Wildman–Crippen MR) is 91.1 cm³/mol. The molecule has 1 aliphatic rings. The molecule has 1 unspecified atom stereocenters. The van der Waals surface area contributed by atoms with Crippen molar-refractivity contribution >= 4 is 6.03 Å². The van der Waals surface area contributed by atoms with Crippen molar-refractivity contribution < 1.29 is 14.3 Å². The summed E-state index contributed by atoms with van der Waals surface area (Å²) in [5.41, 5.74) is 2.17. The van der Waals surface area contributed by atoms with Crippen molar-refractivity contribution in [1.29, 1.82) is 0 Å². The van der Waals surface area contributed by atoms with Crippen LogP contribution in [0.5, 0.6) is 11.5 Å². The van der Waals surface area contributed by atoms with Crippen LogP contribution < -0.4 is 20.1 Å². The van der Waals surface area contributed by atoms with Gasteiger partial charge in [0.05, 0.1) is 6.61 Å². The third kappa shape index (κ3) is 5.05. The first-order valence-corrected chi connectivity index (χ1v) is 8.25. The Hall–Kier alpha value is -1.91. The van der Waals surface area contributed by atoms with Gasteiger partial charge in [-0.1, -0.05) is 20.8 Å². The lowest BCUT2D eigenvalue weighted by Gasteiger charge is -2.19. The molecule has 2 rings (SSSR count). The first-order valence-electron chi connectivity index (χ1n) is 8.25. The monoisotopic (exact) mass is 320 g/mol. The number of ether oxygens (including phenoxy) is 2. The van der Waals surface area contributed by atoms with Crippen LogP contribution in [0.3, 0.4) is 0 Å².